The van der Waals surface area contributed by atoms with Gasteiger partial charge < -0.3 is 9.57 Å². The third-order valence-electron chi connectivity index (χ3n) is 4.06. The summed E-state index contributed by atoms with van der Waals surface area (Å²) in [6.45, 7) is 0.542. The fourth-order valence-electron chi connectivity index (χ4n) is 2.86. The van der Waals surface area contributed by atoms with Crippen molar-refractivity contribution in [2.45, 2.75) is 25.5 Å². The average Bonchev–Trinajstić information content (AvgIpc) is 2.59. The Morgan fingerprint density at radius 1 is 1.12 bits per heavy atom. The van der Waals surface area contributed by atoms with Gasteiger partial charge in [-0.3, -0.25) is 4.98 Å². The number of fused-ring (bicyclic) bond motifs is 2. The number of para-hydroxylation sites is 2. The molecule has 0 radical (unpaired) electrons. The van der Waals surface area contributed by atoms with Crippen LogP contribution < -0.4 is 0 Å². The molecule has 0 N–H and O–H groups in total. The lowest BCUT2D eigenvalue weighted by molar-refractivity contribution is -0.245. The molecule has 4 rings (SSSR count). The van der Waals surface area contributed by atoms with Crippen LogP contribution in [0.3, 0.4) is 0 Å². The Morgan fingerprint density at radius 3 is 2.83 bits per heavy atom. The van der Waals surface area contributed by atoms with E-state index in [-0.39, 0.29) is 11.3 Å². The minimum Gasteiger partial charge on any atom is -0.440 e. The number of esters is 1. The van der Waals surface area contributed by atoms with Crippen molar-refractivity contribution in [1.82, 2.24) is 15.0 Å². The van der Waals surface area contributed by atoms with Crippen LogP contribution in [0.4, 0.5) is 0 Å². The molecule has 0 bridgehead atoms. The maximum absolute atomic E-state index is 12.5. The molecule has 24 heavy (non-hydrogen) atoms. The van der Waals surface area contributed by atoms with Crippen LogP contribution in [0.5, 0.6) is 0 Å². The van der Waals surface area contributed by atoms with Crippen LogP contribution in [0.1, 0.15) is 25.0 Å². The minimum absolute atomic E-state index is 0.0438. The first-order chi connectivity index (χ1) is 11.7. The first-order valence-electron chi connectivity index (χ1n) is 7.84. The van der Waals surface area contributed by atoms with Crippen molar-refractivity contribution in [2.24, 2.45) is 0 Å². The fraction of sp³-hybridized carbons (Fsp3) is 0.294. The number of carbonyl (C=O) groups is 2. The Bertz CT molecular complexity index is 849. The van der Waals surface area contributed by atoms with Crippen molar-refractivity contribution in [3.05, 3.63) is 42.2 Å². The first-order valence-corrected chi connectivity index (χ1v) is 7.84. The van der Waals surface area contributed by atoms with Crippen molar-refractivity contribution in [3.63, 3.8) is 0 Å². The van der Waals surface area contributed by atoms with Crippen molar-refractivity contribution in [2.75, 3.05) is 6.54 Å². The quantitative estimate of drug-likeness (QED) is 0.740. The van der Waals surface area contributed by atoms with Crippen LogP contribution in [-0.4, -0.2) is 39.7 Å². The van der Waals surface area contributed by atoms with E-state index in [4.69, 9.17) is 9.57 Å². The predicted octanol–water partition coefficient (Wildman–Crippen LogP) is 1.84. The van der Waals surface area contributed by atoms with E-state index in [1.165, 1.54) is 11.3 Å². The van der Waals surface area contributed by atoms with Crippen LogP contribution >= 0.6 is 0 Å². The highest BCUT2D eigenvalue weighted by Gasteiger charge is 2.33. The number of nitrogens with zero attached hydrogens (tertiary/aromatic N) is 3. The summed E-state index contributed by atoms with van der Waals surface area (Å²) in [5.74, 6) is -1.20. The SMILES string of the molecule is O=C1/C=C(\c2cnc3ccccc3n2)C(=O)ON2CCCCC2O1. The van der Waals surface area contributed by atoms with E-state index >= 15 is 0 Å². The maximum Gasteiger partial charge on any atom is 0.359 e. The summed E-state index contributed by atoms with van der Waals surface area (Å²) < 4.78 is 5.37. The molecule has 2 aliphatic heterocycles. The fourth-order valence-corrected chi connectivity index (χ4v) is 2.86. The molecule has 0 saturated carbocycles. The molecule has 1 aromatic carbocycles. The highest BCUT2D eigenvalue weighted by Crippen LogP contribution is 2.25. The second-order valence-corrected chi connectivity index (χ2v) is 5.71. The molecule has 1 aromatic heterocycles. The molecule has 7 nitrogen and oxygen atoms in total. The highest BCUT2D eigenvalue weighted by atomic mass is 16.7. The number of rotatable bonds is 1. The topological polar surface area (TPSA) is 81.6 Å². The van der Waals surface area contributed by atoms with E-state index in [2.05, 4.69) is 9.97 Å². The molecule has 2 aliphatic rings. The van der Waals surface area contributed by atoms with E-state index in [0.717, 1.165) is 18.9 Å². The van der Waals surface area contributed by atoms with Crippen LogP contribution in [-0.2, 0) is 19.2 Å². The smallest absolute Gasteiger partial charge is 0.359 e. The summed E-state index contributed by atoms with van der Waals surface area (Å²) in [5.41, 5.74) is 1.67. The number of hydrogen-bond donors (Lipinski definition) is 0. The number of hydroxylamine groups is 2. The molecule has 0 spiro atoms. The van der Waals surface area contributed by atoms with Crippen molar-refractivity contribution >= 4 is 28.5 Å². The van der Waals surface area contributed by atoms with E-state index in [1.807, 2.05) is 18.2 Å². The zero-order valence-electron chi connectivity index (χ0n) is 12.8. The van der Waals surface area contributed by atoms with Gasteiger partial charge in [0.2, 0.25) is 0 Å². The summed E-state index contributed by atoms with van der Waals surface area (Å²) in [5, 5.41) is 1.44. The number of ether oxygens (including phenoxy) is 1. The zero-order valence-corrected chi connectivity index (χ0v) is 12.8. The number of aromatic nitrogens is 2. The molecule has 122 valence electrons. The monoisotopic (exact) mass is 325 g/mol. The molecule has 0 aliphatic carbocycles. The Hall–Kier alpha value is -2.80. The average molecular weight is 325 g/mol. The van der Waals surface area contributed by atoms with Crippen LogP contribution in [0.2, 0.25) is 0 Å². The van der Waals surface area contributed by atoms with Gasteiger partial charge in [-0.05, 0) is 25.0 Å². The molecule has 7 heteroatoms. The van der Waals surface area contributed by atoms with Gasteiger partial charge in [-0.15, -0.1) is 0 Å². The number of carbonyl (C=O) groups excluding carboxylic acids is 2. The van der Waals surface area contributed by atoms with E-state index in [9.17, 15) is 9.59 Å². The van der Waals surface area contributed by atoms with Crippen LogP contribution in [0, 0.1) is 0 Å². The molecule has 1 atom stereocenters. The first kappa shape index (κ1) is 14.8. The van der Waals surface area contributed by atoms with Crippen LogP contribution in [0.25, 0.3) is 16.6 Å². The van der Waals surface area contributed by atoms with Crippen LogP contribution in [0.15, 0.2) is 36.5 Å². The Labute approximate surface area is 137 Å². The second-order valence-electron chi connectivity index (χ2n) is 5.71. The zero-order chi connectivity index (χ0) is 16.5. The van der Waals surface area contributed by atoms with E-state index in [1.54, 1.807) is 6.07 Å². The minimum atomic E-state index is -0.622. The number of piperidine rings is 1. The van der Waals surface area contributed by atoms with Gasteiger partial charge >= 0.3 is 11.9 Å². The van der Waals surface area contributed by atoms with Gasteiger partial charge in [-0.1, -0.05) is 17.2 Å². The molecular weight excluding hydrogens is 310 g/mol. The Balaban J connectivity index is 1.72. The summed E-state index contributed by atoms with van der Waals surface area (Å²) in [6, 6.07) is 7.30. The second kappa shape index (κ2) is 6.01. The summed E-state index contributed by atoms with van der Waals surface area (Å²) >= 11 is 0. The molecule has 1 saturated heterocycles. The predicted molar refractivity (Wildman–Crippen MR) is 84.0 cm³/mol. The van der Waals surface area contributed by atoms with Gasteiger partial charge in [-0.25, -0.2) is 14.6 Å². The largest absolute Gasteiger partial charge is 0.440 e. The third kappa shape index (κ3) is 2.74. The van der Waals surface area contributed by atoms with E-state index < -0.39 is 18.2 Å². The molecular formula is C17H15N3O4. The molecule has 1 fully saturated rings. The van der Waals surface area contributed by atoms with Gasteiger partial charge in [0, 0.05) is 19.0 Å². The summed E-state index contributed by atoms with van der Waals surface area (Å²) in [4.78, 5) is 38.7. The van der Waals surface area contributed by atoms with Gasteiger partial charge in [0.05, 0.1) is 28.5 Å². The lowest BCUT2D eigenvalue weighted by Gasteiger charge is -2.33. The third-order valence-corrected chi connectivity index (χ3v) is 4.06. The molecule has 3 heterocycles. The van der Waals surface area contributed by atoms with Crippen molar-refractivity contribution in [3.8, 4) is 0 Å². The lowest BCUT2D eigenvalue weighted by atomic mass is 10.1. The molecule has 1 unspecified atom stereocenters. The summed E-state index contributed by atoms with van der Waals surface area (Å²) in [6.07, 6.45) is 4.54. The van der Waals surface area contributed by atoms with Gasteiger partial charge in [-0.2, -0.15) is 0 Å². The van der Waals surface area contributed by atoms with Gasteiger partial charge in [0.15, 0.2) is 6.23 Å². The number of benzene rings is 1. The summed E-state index contributed by atoms with van der Waals surface area (Å²) in [7, 11) is 0. The number of hydrogen-bond acceptors (Lipinski definition) is 7. The Kier molecular flexibility index (Phi) is 3.70. The highest BCUT2D eigenvalue weighted by molar-refractivity contribution is 6.20. The molecule has 2 aromatic rings. The Morgan fingerprint density at radius 2 is 1.96 bits per heavy atom. The van der Waals surface area contributed by atoms with Gasteiger partial charge in [0.1, 0.15) is 0 Å². The van der Waals surface area contributed by atoms with Crippen molar-refractivity contribution in [1.29, 1.82) is 0 Å². The maximum atomic E-state index is 12.5. The molecule has 0 amide bonds. The van der Waals surface area contributed by atoms with Crippen molar-refractivity contribution < 1.29 is 19.2 Å². The standard InChI is InChI=1S/C17H15N3O4/c21-16-9-11(14-10-18-12-5-1-2-6-13(12)19-14)17(22)24-20-8-4-3-7-15(20)23-16/h1-2,5-6,9-10,15H,3-4,7-8H2/b11-9+. The van der Waals surface area contributed by atoms with Gasteiger partial charge in [0.25, 0.3) is 0 Å². The lowest BCUT2D eigenvalue weighted by Crippen LogP contribution is -2.44. The van der Waals surface area contributed by atoms with E-state index in [0.29, 0.717) is 24.0 Å². The normalized spacial score (nSPS) is 24.2.